The van der Waals surface area contributed by atoms with E-state index in [1.807, 2.05) is 24.5 Å². The van der Waals surface area contributed by atoms with Gasteiger partial charge in [0.05, 0.1) is 6.26 Å². The van der Waals surface area contributed by atoms with E-state index in [-0.39, 0.29) is 0 Å². The lowest BCUT2D eigenvalue weighted by Crippen LogP contribution is -1.96. The van der Waals surface area contributed by atoms with E-state index < -0.39 is 0 Å². The Morgan fingerprint density at radius 1 is 0.548 bits per heavy atom. The quantitative estimate of drug-likeness (QED) is 0.192. The van der Waals surface area contributed by atoms with Crippen molar-refractivity contribution in [2.45, 2.75) is 6.92 Å². The van der Waals surface area contributed by atoms with Gasteiger partial charge < -0.3 is 4.42 Å². The molecular formula is C41H30O. The van der Waals surface area contributed by atoms with Gasteiger partial charge in [-0.15, -0.1) is 0 Å². The van der Waals surface area contributed by atoms with Gasteiger partial charge in [-0.05, 0) is 79.9 Å². The van der Waals surface area contributed by atoms with Crippen LogP contribution in [0.15, 0.2) is 157 Å². The van der Waals surface area contributed by atoms with Crippen LogP contribution in [0, 0.1) is 6.92 Å². The molecule has 0 N–H and O–H groups in total. The van der Waals surface area contributed by atoms with E-state index in [2.05, 4.69) is 141 Å². The van der Waals surface area contributed by atoms with Crippen LogP contribution in [0.3, 0.4) is 0 Å². The van der Waals surface area contributed by atoms with Gasteiger partial charge in [-0.2, -0.15) is 0 Å². The topological polar surface area (TPSA) is 13.1 Å². The minimum Gasteiger partial charge on any atom is -0.464 e. The summed E-state index contributed by atoms with van der Waals surface area (Å²) >= 11 is 0. The highest BCUT2D eigenvalue weighted by molar-refractivity contribution is 6.10. The van der Waals surface area contributed by atoms with Crippen LogP contribution in [-0.4, -0.2) is 0 Å². The second kappa shape index (κ2) is 10.9. The molecule has 0 spiro atoms. The van der Waals surface area contributed by atoms with Crippen molar-refractivity contribution >= 4 is 27.8 Å². The van der Waals surface area contributed by atoms with Gasteiger partial charge in [-0.25, -0.2) is 0 Å². The van der Waals surface area contributed by atoms with E-state index in [1.54, 1.807) is 0 Å². The molecule has 0 amide bonds. The van der Waals surface area contributed by atoms with Crippen molar-refractivity contribution in [2.75, 3.05) is 0 Å². The molecule has 0 aliphatic rings. The number of hydrogen-bond donors (Lipinski definition) is 0. The number of hydrogen-bond acceptors (Lipinski definition) is 1. The normalized spacial score (nSPS) is 11.5. The second-order valence-corrected chi connectivity index (χ2v) is 10.6. The van der Waals surface area contributed by atoms with Crippen molar-refractivity contribution in [3.05, 3.63) is 164 Å². The minimum atomic E-state index is 0.894. The highest BCUT2D eigenvalue weighted by Crippen LogP contribution is 2.43. The molecule has 6 aromatic carbocycles. The van der Waals surface area contributed by atoms with Gasteiger partial charge in [0, 0.05) is 10.9 Å². The summed E-state index contributed by atoms with van der Waals surface area (Å²) in [5.74, 6) is 0. The summed E-state index contributed by atoms with van der Waals surface area (Å²) in [5.41, 5.74) is 12.9. The average Bonchev–Trinajstić information content (AvgIpc) is 3.48. The molecule has 200 valence electrons. The molecule has 0 fully saturated rings. The molecule has 0 saturated carbocycles. The molecule has 1 aromatic heterocycles. The standard InChI is InChI=1S/C41H30O/c1-3-4-17-34-28(2)40(35-18-11-12-19-36(35)41(34)31-15-9-6-10-16-31)32-22-20-30(21-23-32)38-27-42-39-25-24-33(26-37(38)39)29-13-7-5-8-14-29/h3-27H,1H2,2H3/b17-4-. The molecule has 1 heteroatoms. The van der Waals surface area contributed by atoms with Gasteiger partial charge in [0.1, 0.15) is 5.58 Å². The Bertz CT molecular complexity index is 2080. The molecule has 0 aliphatic heterocycles. The van der Waals surface area contributed by atoms with Crippen LogP contribution >= 0.6 is 0 Å². The van der Waals surface area contributed by atoms with Crippen molar-refractivity contribution < 1.29 is 4.42 Å². The Kier molecular flexibility index (Phi) is 6.62. The van der Waals surface area contributed by atoms with Crippen molar-refractivity contribution in [1.29, 1.82) is 0 Å². The van der Waals surface area contributed by atoms with Crippen molar-refractivity contribution in [2.24, 2.45) is 0 Å². The second-order valence-electron chi connectivity index (χ2n) is 10.6. The third-order valence-corrected chi connectivity index (χ3v) is 8.14. The lowest BCUT2D eigenvalue weighted by Gasteiger charge is -2.20. The fraction of sp³-hybridized carbons (Fsp3) is 0.0244. The fourth-order valence-corrected chi connectivity index (χ4v) is 6.13. The number of allylic oxidation sites excluding steroid dienone is 2. The SMILES string of the molecule is C=C/C=C\c1c(C)c(-c2ccc(-c3coc4ccc(-c5ccccc5)cc34)cc2)c2ccccc2c1-c1ccccc1. The molecule has 7 aromatic rings. The number of fused-ring (bicyclic) bond motifs is 2. The van der Waals surface area contributed by atoms with Crippen LogP contribution in [0.4, 0.5) is 0 Å². The van der Waals surface area contributed by atoms with Crippen molar-refractivity contribution in [3.8, 4) is 44.5 Å². The predicted molar refractivity (Wildman–Crippen MR) is 179 cm³/mol. The van der Waals surface area contributed by atoms with Gasteiger partial charge in [-0.1, -0.05) is 140 Å². The molecule has 1 nitrogen and oxygen atoms in total. The Labute approximate surface area is 246 Å². The van der Waals surface area contributed by atoms with E-state index in [0.717, 1.165) is 22.1 Å². The first-order valence-corrected chi connectivity index (χ1v) is 14.3. The molecule has 0 atom stereocenters. The predicted octanol–water partition coefficient (Wildman–Crippen LogP) is 11.8. The summed E-state index contributed by atoms with van der Waals surface area (Å²) in [6, 6.07) is 45.2. The molecule has 0 unspecified atom stereocenters. The third kappa shape index (κ3) is 4.46. The lowest BCUT2D eigenvalue weighted by molar-refractivity contribution is 0.617. The Morgan fingerprint density at radius 2 is 1.12 bits per heavy atom. The zero-order valence-electron chi connectivity index (χ0n) is 23.5. The molecular weight excluding hydrogens is 508 g/mol. The largest absolute Gasteiger partial charge is 0.464 e. The van der Waals surface area contributed by atoms with Crippen LogP contribution in [0.25, 0.3) is 72.3 Å². The average molecular weight is 539 g/mol. The summed E-state index contributed by atoms with van der Waals surface area (Å²) in [7, 11) is 0. The van der Waals surface area contributed by atoms with Crippen LogP contribution in [0.1, 0.15) is 11.1 Å². The van der Waals surface area contributed by atoms with Crippen molar-refractivity contribution in [1.82, 2.24) is 0 Å². The maximum absolute atomic E-state index is 5.98. The molecule has 0 aliphatic carbocycles. The number of furan rings is 1. The summed E-state index contributed by atoms with van der Waals surface area (Å²) < 4.78 is 5.98. The van der Waals surface area contributed by atoms with E-state index in [1.165, 1.54) is 55.3 Å². The van der Waals surface area contributed by atoms with E-state index in [4.69, 9.17) is 4.42 Å². The Balaban J connectivity index is 1.37. The minimum absolute atomic E-state index is 0.894. The van der Waals surface area contributed by atoms with E-state index >= 15 is 0 Å². The third-order valence-electron chi connectivity index (χ3n) is 8.14. The zero-order chi connectivity index (χ0) is 28.5. The Morgan fingerprint density at radius 3 is 1.81 bits per heavy atom. The lowest BCUT2D eigenvalue weighted by atomic mass is 9.83. The summed E-state index contributed by atoms with van der Waals surface area (Å²) in [6.07, 6.45) is 7.94. The molecule has 7 rings (SSSR count). The summed E-state index contributed by atoms with van der Waals surface area (Å²) in [4.78, 5) is 0. The molecule has 42 heavy (non-hydrogen) atoms. The summed E-state index contributed by atoms with van der Waals surface area (Å²) in [6.45, 7) is 6.17. The van der Waals surface area contributed by atoms with Crippen LogP contribution < -0.4 is 0 Å². The monoisotopic (exact) mass is 538 g/mol. The number of rotatable bonds is 6. The van der Waals surface area contributed by atoms with E-state index in [9.17, 15) is 0 Å². The maximum Gasteiger partial charge on any atom is 0.134 e. The van der Waals surface area contributed by atoms with Gasteiger partial charge >= 0.3 is 0 Å². The highest BCUT2D eigenvalue weighted by atomic mass is 16.3. The van der Waals surface area contributed by atoms with Crippen molar-refractivity contribution in [3.63, 3.8) is 0 Å². The highest BCUT2D eigenvalue weighted by Gasteiger charge is 2.18. The van der Waals surface area contributed by atoms with Crippen LogP contribution in [0.5, 0.6) is 0 Å². The van der Waals surface area contributed by atoms with Gasteiger partial charge in [-0.3, -0.25) is 0 Å². The van der Waals surface area contributed by atoms with Gasteiger partial charge in [0.2, 0.25) is 0 Å². The zero-order valence-corrected chi connectivity index (χ0v) is 23.5. The first-order valence-electron chi connectivity index (χ1n) is 14.3. The van der Waals surface area contributed by atoms with Crippen LogP contribution in [0.2, 0.25) is 0 Å². The van der Waals surface area contributed by atoms with E-state index in [0.29, 0.717) is 0 Å². The number of benzene rings is 6. The maximum atomic E-state index is 5.98. The smallest absolute Gasteiger partial charge is 0.134 e. The summed E-state index contributed by atoms with van der Waals surface area (Å²) in [5, 5.41) is 3.61. The fourth-order valence-electron chi connectivity index (χ4n) is 6.13. The molecule has 0 radical (unpaired) electrons. The first kappa shape index (κ1) is 25.6. The molecule has 0 bridgehead atoms. The molecule has 0 saturated heterocycles. The Hall–Kier alpha value is -5.40. The van der Waals surface area contributed by atoms with Gasteiger partial charge in [0.15, 0.2) is 0 Å². The molecule has 1 heterocycles. The van der Waals surface area contributed by atoms with Gasteiger partial charge in [0.25, 0.3) is 0 Å². The van der Waals surface area contributed by atoms with Crippen LogP contribution in [-0.2, 0) is 0 Å². The first-order chi connectivity index (χ1) is 20.7.